The molecule has 1 atom stereocenters. The molecule has 0 unspecified atom stereocenters. The number of oxime groups is 1. The van der Waals surface area contributed by atoms with E-state index in [1.54, 1.807) is 14.0 Å². The number of rotatable bonds is 5. The molecule has 1 aromatic carbocycles. The van der Waals surface area contributed by atoms with Gasteiger partial charge in [-0.05, 0) is 55.8 Å². The molecule has 1 aliphatic rings. The maximum absolute atomic E-state index is 12.5. The molecule has 1 aromatic heterocycles. The van der Waals surface area contributed by atoms with E-state index >= 15 is 0 Å². The Morgan fingerprint density at radius 1 is 1.29 bits per heavy atom. The van der Waals surface area contributed by atoms with Gasteiger partial charge in [0.2, 0.25) is 5.60 Å². The molecule has 0 aliphatic carbocycles. The van der Waals surface area contributed by atoms with Gasteiger partial charge in [-0.1, -0.05) is 5.16 Å². The summed E-state index contributed by atoms with van der Waals surface area (Å²) in [4.78, 5) is 17.9. The summed E-state index contributed by atoms with van der Waals surface area (Å²) >= 11 is 0. The number of carbonyl (C=O) groups is 1. The van der Waals surface area contributed by atoms with Gasteiger partial charge in [0.1, 0.15) is 17.3 Å². The molecule has 24 heavy (non-hydrogen) atoms. The van der Waals surface area contributed by atoms with Crippen molar-refractivity contribution in [2.45, 2.75) is 32.4 Å². The molecule has 1 N–H and O–H groups in total. The third-order valence-corrected chi connectivity index (χ3v) is 3.98. The molecule has 2 aromatic rings. The minimum absolute atomic E-state index is 0.219. The van der Waals surface area contributed by atoms with Gasteiger partial charge in [-0.2, -0.15) is 0 Å². The summed E-state index contributed by atoms with van der Waals surface area (Å²) < 4.78 is 10.6. The van der Waals surface area contributed by atoms with E-state index in [0.717, 1.165) is 22.8 Å². The highest BCUT2D eigenvalue weighted by molar-refractivity contribution is 6.05. The second-order valence-electron chi connectivity index (χ2n) is 5.96. The van der Waals surface area contributed by atoms with E-state index in [1.165, 1.54) is 0 Å². The number of carbonyl (C=O) groups excluding carboxylic acids is 1. The Morgan fingerprint density at radius 2 is 2.04 bits per heavy atom. The highest BCUT2D eigenvalue weighted by atomic mass is 16.7. The molecule has 0 saturated carbocycles. The summed E-state index contributed by atoms with van der Waals surface area (Å²) in [5.74, 6) is 2.07. The smallest absolute Gasteiger partial charge is 0.267 e. The first kappa shape index (κ1) is 16.1. The van der Waals surface area contributed by atoms with Gasteiger partial charge in [0.15, 0.2) is 0 Å². The van der Waals surface area contributed by atoms with Crippen LogP contribution < -0.4 is 10.1 Å². The largest absolute Gasteiger partial charge is 0.497 e. The van der Waals surface area contributed by atoms with Crippen molar-refractivity contribution in [2.24, 2.45) is 5.16 Å². The number of nitrogens with one attached hydrogen (secondary N) is 1. The van der Waals surface area contributed by atoms with E-state index < -0.39 is 5.60 Å². The lowest BCUT2D eigenvalue weighted by atomic mass is 9.95. The van der Waals surface area contributed by atoms with Crippen molar-refractivity contribution in [3.63, 3.8) is 0 Å². The number of hydrogen-bond donors (Lipinski definition) is 1. The van der Waals surface area contributed by atoms with Crippen LogP contribution in [0.25, 0.3) is 0 Å². The summed E-state index contributed by atoms with van der Waals surface area (Å²) in [6.45, 7) is 3.92. The zero-order valence-electron chi connectivity index (χ0n) is 14.0. The minimum atomic E-state index is -1.02. The first-order valence-electron chi connectivity index (χ1n) is 7.73. The SMILES string of the molecule is COc1ccc(C2=NO[C@@](C)(C(=O)NCc3ccc(C)o3)C2)cc1. The molecule has 126 valence electrons. The zero-order chi connectivity index (χ0) is 17.2. The Morgan fingerprint density at radius 3 is 2.67 bits per heavy atom. The fourth-order valence-corrected chi connectivity index (χ4v) is 2.53. The first-order chi connectivity index (χ1) is 11.5. The van der Waals surface area contributed by atoms with Crippen molar-refractivity contribution in [2.75, 3.05) is 7.11 Å². The molecule has 1 amide bonds. The van der Waals surface area contributed by atoms with Gasteiger partial charge in [-0.15, -0.1) is 0 Å². The topological polar surface area (TPSA) is 73.1 Å². The molecule has 0 bridgehead atoms. The summed E-state index contributed by atoms with van der Waals surface area (Å²) in [5.41, 5.74) is 0.634. The number of methoxy groups -OCH3 is 1. The number of furan rings is 1. The molecule has 1 aliphatic heterocycles. The van der Waals surface area contributed by atoms with Crippen LogP contribution in [0.2, 0.25) is 0 Å². The van der Waals surface area contributed by atoms with Gasteiger partial charge in [0.05, 0.1) is 19.4 Å². The van der Waals surface area contributed by atoms with Crippen LogP contribution >= 0.6 is 0 Å². The Bertz CT molecular complexity index is 764. The van der Waals surface area contributed by atoms with Crippen molar-refractivity contribution >= 4 is 11.6 Å². The second kappa shape index (κ2) is 6.39. The van der Waals surface area contributed by atoms with E-state index in [-0.39, 0.29) is 5.91 Å². The van der Waals surface area contributed by atoms with E-state index in [4.69, 9.17) is 14.0 Å². The Hall–Kier alpha value is -2.76. The van der Waals surface area contributed by atoms with Gasteiger partial charge in [0.25, 0.3) is 5.91 Å². The molecule has 6 heteroatoms. The highest BCUT2D eigenvalue weighted by Gasteiger charge is 2.42. The number of amides is 1. The number of hydrogen-bond acceptors (Lipinski definition) is 5. The lowest BCUT2D eigenvalue weighted by Crippen LogP contribution is -2.44. The monoisotopic (exact) mass is 328 g/mol. The Balaban J connectivity index is 1.61. The lowest BCUT2D eigenvalue weighted by Gasteiger charge is -2.20. The van der Waals surface area contributed by atoms with Crippen molar-refractivity contribution in [1.29, 1.82) is 0 Å². The zero-order valence-corrected chi connectivity index (χ0v) is 14.0. The number of aryl methyl sites for hydroxylation is 1. The summed E-state index contributed by atoms with van der Waals surface area (Å²) in [6, 6.07) is 11.2. The van der Waals surface area contributed by atoms with Crippen molar-refractivity contribution in [3.05, 3.63) is 53.5 Å². The molecular formula is C18H20N2O4. The van der Waals surface area contributed by atoms with Gasteiger partial charge in [-0.3, -0.25) is 4.79 Å². The molecule has 6 nitrogen and oxygen atoms in total. The van der Waals surface area contributed by atoms with Crippen molar-refractivity contribution < 1.29 is 18.8 Å². The fourth-order valence-electron chi connectivity index (χ4n) is 2.53. The molecule has 3 rings (SSSR count). The predicted molar refractivity (Wildman–Crippen MR) is 88.9 cm³/mol. The Labute approximate surface area is 140 Å². The molecule has 0 radical (unpaired) electrons. The van der Waals surface area contributed by atoms with Gasteiger partial charge < -0.3 is 19.3 Å². The maximum Gasteiger partial charge on any atom is 0.267 e. The van der Waals surface area contributed by atoms with Crippen molar-refractivity contribution in [3.8, 4) is 5.75 Å². The predicted octanol–water partition coefficient (Wildman–Crippen LogP) is 2.80. The molecule has 0 spiro atoms. The van der Waals surface area contributed by atoms with Crippen molar-refractivity contribution in [1.82, 2.24) is 5.32 Å². The van der Waals surface area contributed by atoms with Gasteiger partial charge in [0, 0.05) is 6.42 Å². The minimum Gasteiger partial charge on any atom is -0.497 e. The molecule has 2 heterocycles. The molecule has 0 fully saturated rings. The maximum atomic E-state index is 12.5. The normalized spacial score (nSPS) is 19.5. The van der Waals surface area contributed by atoms with Crippen LogP contribution in [0.1, 0.15) is 30.4 Å². The number of nitrogens with zero attached hydrogens (tertiary/aromatic N) is 1. The summed E-state index contributed by atoms with van der Waals surface area (Å²) in [7, 11) is 1.62. The molecular weight excluding hydrogens is 308 g/mol. The molecule has 0 saturated heterocycles. The van der Waals surface area contributed by atoms with E-state index in [9.17, 15) is 4.79 Å². The summed E-state index contributed by atoms with van der Waals surface area (Å²) in [5, 5.41) is 6.92. The second-order valence-corrected chi connectivity index (χ2v) is 5.96. The van der Waals surface area contributed by atoms with Crippen LogP contribution in [0.15, 0.2) is 46.0 Å². The third-order valence-electron chi connectivity index (χ3n) is 3.98. The van der Waals surface area contributed by atoms with Crippen LogP contribution in [0.3, 0.4) is 0 Å². The lowest BCUT2D eigenvalue weighted by molar-refractivity contribution is -0.142. The third kappa shape index (κ3) is 3.27. The van der Waals surface area contributed by atoms with Crippen LogP contribution in [0.5, 0.6) is 5.75 Å². The fraction of sp³-hybridized carbons (Fsp3) is 0.333. The highest BCUT2D eigenvalue weighted by Crippen LogP contribution is 2.27. The van der Waals surface area contributed by atoms with E-state index in [2.05, 4.69) is 10.5 Å². The van der Waals surface area contributed by atoms with Crippen LogP contribution in [-0.2, 0) is 16.2 Å². The van der Waals surface area contributed by atoms with Crippen LogP contribution in [0.4, 0.5) is 0 Å². The van der Waals surface area contributed by atoms with E-state index in [0.29, 0.717) is 18.7 Å². The van der Waals surface area contributed by atoms with Crippen LogP contribution in [0, 0.1) is 6.92 Å². The number of benzene rings is 1. The quantitative estimate of drug-likeness (QED) is 0.916. The Kier molecular flexibility index (Phi) is 4.29. The summed E-state index contributed by atoms with van der Waals surface area (Å²) in [6.07, 6.45) is 0.405. The average molecular weight is 328 g/mol. The average Bonchev–Trinajstić information content (AvgIpc) is 3.19. The van der Waals surface area contributed by atoms with Crippen LogP contribution in [-0.4, -0.2) is 24.3 Å². The first-order valence-corrected chi connectivity index (χ1v) is 7.73. The number of ether oxygens (including phenoxy) is 1. The van der Waals surface area contributed by atoms with Gasteiger partial charge in [-0.25, -0.2) is 0 Å². The van der Waals surface area contributed by atoms with Gasteiger partial charge >= 0.3 is 0 Å². The standard InChI is InChI=1S/C18H20N2O4/c1-12-4-7-15(23-12)11-19-17(21)18(2)10-16(20-24-18)13-5-8-14(22-3)9-6-13/h4-9H,10-11H2,1-3H3,(H,19,21)/t18-/m1/s1. The van der Waals surface area contributed by atoms with E-state index in [1.807, 2.05) is 43.3 Å².